The number of furan rings is 1. The number of hydrogen-bond donors (Lipinski definition) is 0. The van der Waals surface area contributed by atoms with E-state index in [9.17, 15) is 0 Å². The number of aromatic nitrogens is 1. The molecule has 1 aliphatic carbocycles. The topological polar surface area (TPSA) is 21.3 Å². The number of para-hydroxylation sites is 3. The molecule has 0 atom stereocenters. The second-order valence-electron chi connectivity index (χ2n) is 14.7. The van der Waals surface area contributed by atoms with Gasteiger partial charge in [0.05, 0.1) is 21.4 Å². The van der Waals surface area contributed by atoms with Crippen LogP contribution in [0.25, 0.3) is 85.9 Å². The van der Waals surface area contributed by atoms with Gasteiger partial charge in [0.1, 0.15) is 11.2 Å². The summed E-state index contributed by atoms with van der Waals surface area (Å²) < 4.78 is 11.9. The molecule has 8 aromatic carbocycles. The van der Waals surface area contributed by atoms with E-state index in [1.807, 2.05) is 11.3 Å². The van der Waals surface area contributed by atoms with Gasteiger partial charge in [-0.1, -0.05) is 127 Å². The molecule has 0 radical (unpaired) electrons. The molecule has 3 aromatic heterocycles. The summed E-state index contributed by atoms with van der Waals surface area (Å²) in [4.78, 5) is 2.53. The Morgan fingerprint density at radius 1 is 0.518 bits per heavy atom. The van der Waals surface area contributed by atoms with Crippen LogP contribution in [-0.2, 0) is 0 Å². The number of thiophene rings is 1. The zero-order valence-corrected chi connectivity index (χ0v) is 31.3. The fourth-order valence-electron chi connectivity index (χ4n) is 9.17. The Labute approximate surface area is 327 Å². The van der Waals surface area contributed by atoms with Crippen LogP contribution in [-0.4, -0.2) is 4.57 Å². The van der Waals surface area contributed by atoms with E-state index in [0.717, 1.165) is 57.1 Å². The van der Waals surface area contributed by atoms with E-state index >= 15 is 0 Å². The van der Waals surface area contributed by atoms with Crippen molar-refractivity contribution in [1.82, 2.24) is 4.57 Å². The predicted molar refractivity (Wildman–Crippen MR) is 239 cm³/mol. The second kappa shape index (κ2) is 12.3. The van der Waals surface area contributed by atoms with E-state index in [1.165, 1.54) is 64.3 Å². The van der Waals surface area contributed by atoms with E-state index in [2.05, 4.69) is 191 Å². The molecule has 11 aromatic rings. The Hall–Kier alpha value is -6.88. The fraction of sp³-hybridized carbons (Fsp3) is 0.0385. The summed E-state index contributed by atoms with van der Waals surface area (Å²) in [6.45, 7) is 0. The molecular formula is C52H34N2OS. The minimum Gasteiger partial charge on any atom is -0.455 e. The number of allylic oxidation sites excluding steroid dienone is 4. The van der Waals surface area contributed by atoms with Crippen LogP contribution in [0.15, 0.2) is 192 Å². The van der Waals surface area contributed by atoms with E-state index in [1.54, 1.807) is 0 Å². The van der Waals surface area contributed by atoms with Crippen LogP contribution in [0.1, 0.15) is 18.4 Å². The largest absolute Gasteiger partial charge is 0.455 e. The minimum absolute atomic E-state index is 0.890. The van der Waals surface area contributed by atoms with Gasteiger partial charge in [0, 0.05) is 70.6 Å². The number of rotatable bonds is 5. The van der Waals surface area contributed by atoms with Crippen molar-refractivity contribution in [3.63, 3.8) is 0 Å². The van der Waals surface area contributed by atoms with Crippen LogP contribution < -0.4 is 4.90 Å². The van der Waals surface area contributed by atoms with E-state index in [-0.39, 0.29) is 0 Å². The maximum Gasteiger partial charge on any atom is 0.143 e. The van der Waals surface area contributed by atoms with Crippen molar-refractivity contribution in [2.75, 3.05) is 4.90 Å². The number of nitrogens with zero attached hydrogens (tertiary/aromatic N) is 2. The van der Waals surface area contributed by atoms with Crippen molar-refractivity contribution in [1.29, 1.82) is 0 Å². The standard InChI is InChI=1S/C52H34N2OS/c1-2-14-36-33(13-1)27-32-43-42-20-11-19-41(51(42)55-50(36)43)39-17-5-9-24-47(39)54(48-25-12-21-44-40-18-6-10-26-49(40)56-52(44)48)35-30-28-34(29-31-35)53-45-22-7-3-15-37(45)38-16-4-8-23-46(38)53/h1-8,10-23,25-32H,9,24H2. The molecule has 4 heteroatoms. The van der Waals surface area contributed by atoms with Crippen LogP contribution in [0.5, 0.6) is 0 Å². The summed E-state index contributed by atoms with van der Waals surface area (Å²) >= 11 is 1.88. The number of hydrogen-bond acceptors (Lipinski definition) is 3. The van der Waals surface area contributed by atoms with Gasteiger partial charge < -0.3 is 13.9 Å². The Balaban J connectivity index is 1.11. The van der Waals surface area contributed by atoms with Crippen molar-refractivity contribution in [2.45, 2.75) is 12.8 Å². The quantitative estimate of drug-likeness (QED) is 0.176. The highest BCUT2D eigenvalue weighted by atomic mass is 32.1. The molecule has 56 heavy (non-hydrogen) atoms. The van der Waals surface area contributed by atoms with Crippen molar-refractivity contribution in [2.24, 2.45) is 0 Å². The molecule has 0 N–H and O–H groups in total. The van der Waals surface area contributed by atoms with E-state index in [4.69, 9.17) is 4.42 Å². The maximum absolute atomic E-state index is 6.94. The molecule has 3 heterocycles. The highest BCUT2D eigenvalue weighted by Crippen LogP contribution is 2.47. The number of benzene rings is 8. The van der Waals surface area contributed by atoms with Crippen LogP contribution in [0.2, 0.25) is 0 Å². The molecule has 0 saturated heterocycles. The third-order valence-corrected chi connectivity index (χ3v) is 12.9. The molecule has 0 amide bonds. The first kappa shape index (κ1) is 31.5. The zero-order valence-electron chi connectivity index (χ0n) is 30.4. The summed E-state index contributed by atoms with van der Waals surface area (Å²) in [5.41, 5.74) is 11.3. The van der Waals surface area contributed by atoms with Gasteiger partial charge in [0.25, 0.3) is 0 Å². The lowest BCUT2D eigenvalue weighted by molar-refractivity contribution is 0.671. The Bertz CT molecular complexity index is 3380. The minimum atomic E-state index is 0.890. The van der Waals surface area contributed by atoms with Gasteiger partial charge in [0.2, 0.25) is 0 Å². The molecule has 264 valence electrons. The maximum atomic E-state index is 6.94. The Kier molecular flexibility index (Phi) is 6.92. The molecule has 0 saturated carbocycles. The third-order valence-electron chi connectivity index (χ3n) is 11.7. The molecule has 0 fully saturated rings. The van der Waals surface area contributed by atoms with Gasteiger partial charge in [0.15, 0.2) is 0 Å². The van der Waals surface area contributed by atoms with Crippen molar-refractivity contribution >= 4 is 103 Å². The van der Waals surface area contributed by atoms with Crippen LogP contribution in [0.4, 0.5) is 11.4 Å². The Morgan fingerprint density at radius 3 is 2.00 bits per heavy atom. The van der Waals surface area contributed by atoms with Crippen molar-refractivity contribution in [3.05, 3.63) is 193 Å². The lowest BCUT2D eigenvalue weighted by Gasteiger charge is -2.32. The molecule has 0 unspecified atom stereocenters. The SMILES string of the molecule is C1=CC(c2cccc3c2oc2c4ccccc4ccc32)=C(N(c2ccc(-n3c4ccccc4c4ccccc43)cc2)c2cccc3c2sc2ccccc23)CC1. The lowest BCUT2D eigenvalue weighted by atomic mass is 9.93. The van der Waals surface area contributed by atoms with Gasteiger partial charge in [-0.3, -0.25) is 0 Å². The average Bonchev–Trinajstić information content (AvgIpc) is 3.95. The van der Waals surface area contributed by atoms with Crippen LogP contribution in [0.3, 0.4) is 0 Å². The van der Waals surface area contributed by atoms with Crippen LogP contribution >= 0.6 is 11.3 Å². The highest BCUT2D eigenvalue weighted by Gasteiger charge is 2.26. The monoisotopic (exact) mass is 734 g/mol. The van der Waals surface area contributed by atoms with E-state index < -0.39 is 0 Å². The van der Waals surface area contributed by atoms with Gasteiger partial charge in [-0.2, -0.15) is 0 Å². The number of fused-ring (bicyclic) bond motifs is 11. The molecule has 12 rings (SSSR count). The third kappa shape index (κ3) is 4.63. The first-order chi connectivity index (χ1) is 27.8. The number of anilines is 2. The normalized spacial score (nSPS) is 13.4. The molecule has 3 nitrogen and oxygen atoms in total. The molecule has 1 aliphatic rings. The van der Waals surface area contributed by atoms with Gasteiger partial charge in [-0.15, -0.1) is 11.3 Å². The van der Waals surface area contributed by atoms with Gasteiger partial charge >= 0.3 is 0 Å². The van der Waals surface area contributed by atoms with Crippen LogP contribution in [0, 0.1) is 0 Å². The molecule has 0 aliphatic heterocycles. The van der Waals surface area contributed by atoms with Crippen molar-refractivity contribution in [3.8, 4) is 5.69 Å². The molecular weight excluding hydrogens is 701 g/mol. The predicted octanol–water partition coefficient (Wildman–Crippen LogP) is 15.1. The van der Waals surface area contributed by atoms with Crippen molar-refractivity contribution < 1.29 is 4.42 Å². The molecule has 0 spiro atoms. The summed E-state index contributed by atoms with van der Waals surface area (Å²) in [5.74, 6) is 0. The summed E-state index contributed by atoms with van der Waals surface area (Å²) in [7, 11) is 0. The summed E-state index contributed by atoms with van der Waals surface area (Å²) in [6, 6.07) is 61.8. The zero-order chi connectivity index (χ0) is 36.7. The smallest absolute Gasteiger partial charge is 0.143 e. The van der Waals surface area contributed by atoms with E-state index in [0.29, 0.717) is 0 Å². The highest BCUT2D eigenvalue weighted by molar-refractivity contribution is 7.26. The first-order valence-corrected chi connectivity index (χ1v) is 20.1. The lowest BCUT2D eigenvalue weighted by Crippen LogP contribution is -2.19. The average molecular weight is 735 g/mol. The Morgan fingerprint density at radius 2 is 1.18 bits per heavy atom. The van der Waals surface area contributed by atoms with Gasteiger partial charge in [-0.25, -0.2) is 0 Å². The first-order valence-electron chi connectivity index (χ1n) is 19.3. The molecule has 0 bridgehead atoms. The summed E-state index contributed by atoms with van der Waals surface area (Å²) in [6.07, 6.45) is 6.49. The second-order valence-corrected chi connectivity index (χ2v) is 15.8. The fourth-order valence-corrected chi connectivity index (χ4v) is 10.4. The summed E-state index contributed by atoms with van der Waals surface area (Å²) in [5, 5.41) is 9.73. The van der Waals surface area contributed by atoms with Gasteiger partial charge in [-0.05, 0) is 72.8 Å².